The molecule has 0 aromatic carbocycles. The quantitative estimate of drug-likeness (QED) is 0.412. The third-order valence-corrected chi connectivity index (χ3v) is 4.52. The highest BCUT2D eigenvalue weighted by Crippen LogP contribution is 2.51. The summed E-state index contributed by atoms with van der Waals surface area (Å²) < 4.78 is 1.66. The van der Waals surface area contributed by atoms with Crippen molar-refractivity contribution in [2.75, 3.05) is 5.75 Å². The summed E-state index contributed by atoms with van der Waals surface area (Å²) in [5, 5.41) is 14.6. The smallest absolute Gasteiger partial charge is 0.344 e. The Kier molecular flexibility index (Phi) is 3.52. The maximum Gasteiger partial charge on any atom is 0.344 e. The van der Waals surface area contributed by atoms with E-state index in [4.69, 9.17) is 11.1 Å². The molecule has 1 heterocycles. The molecule has 0 amide bonds. The van der Waals surface area contributed by atoms with Crippen LogP contribution < -0.4 is 11.4 Å². The van der Waals surface area contributed by atoms with E-state index in [9.17, 15) is 4.79 Å². The normalized spacial score (nSPS) is 17.1. The molecule has 4 N–H and O–H groups in total. The summed E-state index contributed by atoms with van der Waals surface area (Å²) in [6, 6.07) is 0.0988. The molecule has 100 valence electrons. The summed E-state index contributed by atoms with van der Waals surface area (Å²) in [7, 11) is 0. The summed E-state index contributed by atoms with van der Waals surface area (Å²) in [6.45, 7) is 3.92. The van der Waals surface area contributed by atoms with Gasteiger partial charge in [-0.05, 0) is 32.1 Å². The van der Waals surface area contributed by atoms with Gasteiger partial charge in [0, 0.05) is 18.2 Å². The molecule has 0 bridgehead atoms. The molecule has 7 heteroatoms. The minimum absolute atomic E-state index is 0.0988. The summed E-state index contributed by atoms with van der Waals surface area (Å²) in [4.78, 5) is 11.6. The van der Waals surface area contributed by atoms with Crippen molar-refractivity contribution < 1.29 is 0 Å². The van der Waals surface area contributed by atoms with Crippen LogP contribution in [0.5, 0.6) is 0 Å². The average Bonchev–Trinajstić information content (AvgIpc) is 2.90. The molecule has 0 radical (unpaired) electrons. The Hall–Kier alpha value is -1.24. The lowest BCUT2D eigenvalue weighted by molar-refractivity contribution is 0.531. The van der Waals surface area contributed by atoms with Crippen LogP contribution in [0.3, 0.4) is 0 Å². The van der Waals surface area contributed by atoms with E-state index < -0.39 is 0 Å². The van der Waals surface area contributed by atoms with Gasteiger partial charge in [-0.2, -0.15) is 0 Å². The van der Waals surface area contributed by atoms with Crippen molar-refractivity contribution in [1.29, 1.82) is 5.41 Å². The fraction of sp³-hybridized carbons (Fsp3) is 0.727. The Labute approximate surface area is 110 Å². The number of thioether (sulfide) groups is 1. The van der Waals surface area contributed by atoms with Crippen LogP contribution in [0.2, 0.25) is 0 Å². The third kappa shape index (κ3) is 2.77. The molecule has 6 nitrogen and oxygen atoms in total. The fourth-order valence-corrected chi connectivity index (χ4v) is 3.39. The second-order valence-corrected chi connectivity index (χ2v) is 6.21. The zero-order valence-electron chi connectivity index (χ0n) is 10.7. The second kappa shape index (κ2) is 4.79. The zero-order chi connectivity index (χ0) is 13.3. The number of aromatic nitrogens is 3. The van der Waals surface area contributed by atoms with Crippen LogP contribution in [0, 0.1) is 10.8 Å². The number of nitrogens with one attached hydrogen (secondary N) is 2. The minimum atomic E-state index is -0.163. The Bertz CT molecular complexity index is 500. The van der Waals surface area contributed by atoms with Gasteiger partial charge in [0.1, 0.15) is 0 Å². The number of nitrogens with zero attached hydrogens (tertiary/aromatic N) is 2. The van der Waals surface area contributed by atoms with Gasteiger partial charge in [0.05, 0.1) is 5.84 Å². The van der Waals surface area contributed by atoms with E-state index in [1.54, 1.807) is 16.3 Å². The average molecular weight is 269 g/mol. The van der Waals surface area contributed by atoms with Crippen LogP contribution in [0.25, 0.3) is 0 Å². The monoisotopic (exact) mass is 269 g/mol. The molecule has 1 aliphatic rings. The predicted molar refractivity (Wildman–Crippen MR) is 72.2 cm³/mol. The largest absolute Gasteiger partial charge is 0.388 e. The van der Waals surface area contributed by atoms with Crippen molar-refractivity contribution in [3.8, 4) is 0 Å². The van der Waals surface area contributed by atoms with Crippen LogP contribution in [-0.4, -0.2) is 26.4 Å². The number of amidine groups is 1. The highest BCUT2D eigenvalue weighted by molar-refractivity contribution is 7.99. The van der Waals surface area contributed by atoms with Gasteiger partial charge in [-0.3, -0.25) is 9.98 Å². The van der Waals surface area contributed by atoms with Crippen LogP contribution in [0.15, 0.2) is 9.95 Å². The SMILES string of the molecule is CC(C)n1c(SCC2(CC(=N)N)CC2)n[nH]c1=O. The molecule has 1 saturated carbocycles. The Morgan fingerprint density at radius 1 is 1.67 bits per heavy atom. The maximum atomic E-state index is 11.6. The highest BCUT2D eigenvalue weighted by Gasteiger charge is 2.43. The molecular formula is C11H19N5OS. The number of hydrogen-bond acceptors (Lipinski definition) is 4. The number of rotatable bonds is 6. The van der Waals surface area contributed by atoms with E-state index in [1.807, 2.05) is 13.8 Å². The summed E-state index contributed by atoms with van der Waals surface area (Å²) >= 11 is 1.58. The lowest BCUT2D eigenvalue weighted by atomic mass is 10.1. The van der Waals surface area contributed by atoms with Gasteiger partial charge >= 0.3 is 5.69 Å². The third-order valence-electron chi connectivity index (χ3n) is 3.22. The number of hydrogen-bond donors (Lipinski definition) is 3. The van der Waals surface area contributed by atoms with Crippen LogP contribution >= 0.6 is 11.8 Å². The molecule has 1 aromatic heterocycles. The molecule has 1 aromatic rings. The molecule has 0 saturated heterocycles. The van der Waals surface area contributed by atoms with Crippen molar-refractivity contribution in [3.63, 3.8) is 0 Å². The van der Waals surface area contributed by atoms with Gasteiger partial charge in [0.15, 0.2) is 5.16 Å². The van der Waals surface area contributed by atoms with Crippen LogP contribution in [-0.2, 0) is 0 Å². The van der Waals surface area contributed by atoms with Crippen molar-refractivity contribution >= 4 is 17.6 Å². The van der Waals surface area contributed by atoms with Crippen molar-refractivity contribution in [2.24, 2.45) is 11.1 Å². The van der Waals surface area contributed by atoms with Gasteiger partial charge in [0.25, 0.3) is 0 Å². The maximum absolute atomic E-state index is 11.6. The molecule has 18 heavy (non-hydrogen) atoms. The van der Waals surface area contributed by atoms with Gasteiger partial charge < -0.3 is 5.73 Å². The molecule has 2 rings (SSSR count). The van der Waals surface area contributed by atoms with Crippen LogP contribution in [0.1, 0.15) is 39.2 Å². The van der Waals surface area contributed by atoms with E-state index in [0.29, 0.717) is 6.42 Å². The van der Waals surface area contributed by atoms with Crippen molar-refractivity contribution in [1.82, 2.24) is 14.8 Å². The number of H-pyrrole nitrogens is 1. The second-order valence-electron chi connectivity index (χ2n) is 5.27. The number of nitrogens with two attached hydrogens (primary N) is 1. The standard InChI is InChI=1S/C11H19N5OS/c1-7(2)16-9(17)14-15-10(16)18-6-11(3-4-11)5-8(12)13/h7H,3-6H2,1-2H3,(H3,12,13)(H,14,17). The minimum Gasteiger partial charge on any atom is -0.388 e. The molecule has 1 fully saturated rings. The summed E-state index contributed by atoms with van der Waals surface area (Å²) in [5.74, 6) is 1.11. The first kappa shape index (κ1) is 13.2. The molecular weight excluding hydrogens is 250 g/mol. The molecule has 0 atom stereocenters. The van der Waals surface area contributed by atoms with Gasteiger partial charge in [-0.1, -0.05) is 11.8 Å². The van der Waals surface area contributed by atoms with Crippen LogP contribution in [0.4, 0.5) is 0 Å². The molecule has 0 unspecified atom stereocenters. The van der Waals surface area contributed by atoms with E-state index in [1.165, 1.54) is 0 Å². The van der Waals surface area contributed by atoms with E-state index in [-0.39, 0.29) is 23.0 Å². The Morgan fingerprint density at radius 3 is 2.83 bits per heavy atom. The van der Waals surface area contributed by atoms with E-state index >= 15 is 0 Å². The zero-order valence-corrected chi connectivity index (χ0v) is 11.5. The van der Waals surface area contributed by atoms with Crippen molar-refractivity contribution in [3.05, 3.63) is 10.5 Å². The highest BCUT2D eigenvalue weighted by atomic mass is 32.2. The lowest BCUT2D eigenvalue weighted by Gasteiger charge is -2.14. The van der Waals surface area contributed by atoms with Gasteiger partial charge in [-0.25, -0.2) is 9.89 Å². The van der Waals surface area contributed by atoms with E-state index in [2.05, 4.69) is 10.2 Å². The van der Waals surface area contributed by atoms with E-state index in [0.717, 1.165) is 23.8 Å². The molecule has 1 aliphatic carbocycles. The number of aromatic amines is 1. The summed E-state index contributed by atoms with van der Waals surface area (Å²) in [6.07, 6.45) is 2.86. The molecule has 0 spiro atoms. The first-order valence-corrected chi connectivity index (χ1v) is 7.05. The Balaban J connectivity index is 2.03. The first-order chi connectivity index (χ1) is 8.43. The first-order valence-electron chi connectivity index (χ1n) is 6.06. The topological polar surface area (TPSA) is 101 Å². The lowest BCUT2D eigenvalue weighted by Crippen LogP contribution is -2.20. The molecule has 0 aliphatic heterocycles. The summed E-state index contributed by atoms with van der Waals surface area (Å²) in [5.41, 5.74) is 5.46. The fourth-order valence-electron chi connectivity index (χ4n) is 2.02. The van der Waals surface area contributed by atoms with Gasteiger partial charge in [-0.15, -0.1) is 5.10 Å². The van der Waals surface area contributed by atoms with Gasteiger partial charge in [0.2, 0.25) is 0 Å². The Morgan fingerprint density at radius 2 is 2.33 bits per heavy atom. The van der Waals surface area contributed by atoms with Crippen molar-refractivity contribution in [2.45, 2.75) is 44.3 Å². The predicted octanol–water partition coefficient (Wildman–Crippen LogP) is 1.35.